The third-order valence-corrected chi connectivity index (χ3v) is 3.12. The highest BCUT2D eigenvalue weighted by molar-refractivity contribution is 4.81. The summed E-state index contributed by atoms with van der Waals surface area (Å²) in [5, 5.41) is 0. The van der Waals surface area contributed by atoms with Crippen molar-refractivity contribution in [3.05, 3.63) is 24.3 Å². The maximum Gasteiger partial charge on any atom is -0.0351 e. The molecule has 0 saturated heterocycles. The summed E-state index contributed by atoms with van der Waals surface area (Å²) in [7, 11) is 0. The average molecular weight is 236 g/mol. The van der Waals surface area contributed by atoms with Crippen LogP contribution in [0.2, 0.25) is 0 Å². The van der Waals surface area contributed by atoms with Gasteiger partial charge in [0.15, 0.2) is 0 Å². The first-order valence-corrected chi connectivity index (χ1v) is 7.68. The second-order valence-corrected chi connectivity index (χ2v) is 4.88. The molecule has 0 heterocycles. The Hall–Kier alpha value is -0.520. The minimum absolute atomic E-state index is 1.27. The molecule has 0 bridgehead atoms. The fourth-order valence-corrected chi connectivity index (χ4v) is 1.97. The molecule has 100 valence electrons. The van der Waals surface area contributed by atoms with E-state index in [1.165, 1.54) is 70.6 Å². The molecule has 0 fully saturated rings. The number of rotatable bonds is 12. The molecule has 0 unspecified atom stereocenters. The van der Waals surface area contributed by atoms with Gasteiger partial charge < -0.3 is 0 Å². The van der Waals surface area contributed by atoms with Gasteiger partial charge in [0, 0.05) is 0 Å². The third kappa shape index (κ3) is 15.5. The summed E-state index contributed by atoms with van der Waals surface area (Å²) in [5.41, 5.74) is 0. The highest BCUT2D eigenvalue weighted by Crippen LogP contribution is 2.08. The van der Waals surface area contributed by atoms with Gasteiger partial charge in [0.05, 0.1) is 0 Å². The lowest BCUT2D eigenvalue weighted by Crippen LogP contribution is -1.78. The van der Waals surface area contributed by atoms with E-state index in [0.717, 1.165) is 0 Å². The molecule has 0 saturated carbocycles. The highest BCUT2D eigenvalue weighted by Gasteiger charge is 1.88. The number of hydrogen-bond donors (Lipinski definition) is 0. The lowest BCUT2D eigenvalue weighted by atomic mass is 10.1. The highest BCUT2D eigenvalue weighted by atomic mass is 13.9. The predicted octanol–water partition coefficient (Wildman–Crippen LogP) is 6.43. The summed E-state index contributed by atoms with van der Waals surface area (Å²) in [4.78, 5) is 0. The summed E-state index contributed by atoms with van der Waals surface area (Å²) in [6.45, 7) is 4.37. The molecule has 0 heteroatoms. The maximum absolute atomic E-state index is 2.38. The van der Waals surface area contributed by atoms with Crippen LogP contribution in [0.4, 0.5) is 0 Å². The first-order valence-electron chi connectivity index (χ1n) is 7.68. The van der Waals surface area contributed by atoms with Crippen LogP contribution in [0.1, 0.15) is 84.5 Å². The Balaban J connectivity index is 3.02. The van der Waals surface area contributed by atoms with Crippen LogP contribution >= 0.6 is 0 Å². The van der Waals surface area contributed by atoms with Crippen LogP contribution in [-0.2, 0) is 0 Å². The summed E-state index contributed by atoms with van der Waals surface area (Å²) < 4.78 is 0. The van der Waals surface area contributed by atoms with Gasteiger partial charge in [0.2, 0.25) is 0 Å². The molecule has 0 N–H and O–H groups in total. The van der Waals surface area contributed by atoms with Crippen LogP contribution in [0.15, 0.2) is 24.3 Å². The van der Waals surface area contributed by atoms with Crippen LogP contribution in [0, 0.1) is 0 Å². The maximum atomic E-state index is 2.38. The van der Waals surface area contributed by atoms with E-state index in [-0.39, 0.29) is 0 Å². The Bertz CT molecular complexity index is 176. The topological polar surface area (TPSA) is 0 Å². The lowest BCUT2D eigenvalue weighted by molar-refractivity contribution is 0.621. The van der Waals surface area contributed by atoms with Crippen molar-refractivity contribution in [2.24, 2.45) is 0 Å². The van der Waals surface area contributed by atoms with E-state index in [4.69, 9.17) is 0 Å². The van der Waals surface area contributed by atoms with Crippen molar-refractivity contribution in [2.45, 2.75) is 84.5 Å². The van der Waals surface area contributed by atoms with E-state index in [9.17, 15) is 0 Å². The fraction of sp³-hybridized carbons (Fsp3) is 0.765. The normalized spacial score (nSPS) is 11.9. The summed E-state index contributed by atoms with van der Waals surface area (Å²) in [5.74, 6) is 0. The lowest BCUT2D eigenvalue weighted by Gasteiger charge is -1.98. The van der Waals surface area contributed by atoms with Gasteiger partial charge in [-0.15, -0.1) is 0 Å². The van der Waals surface area contributed by atoms with E-state index in [1.54, 1.807) is 0 Å². The Morgan fingerprint density at radius 2 is 1.06 bits per heavy atom. The summed E-state index contributed by atoms with van der Waals surface area (Å²) >= 11 is 0. The van der Waals surface area contributed by atoms with Crippen molar-refractivity contribution >= 4 is 0 Å². The van der Waals surface area contributed by atoms with Gasteiger partial charge >= 0.3 is 0 Å². The van der Waals surface area contributed by atoms with Crippen molar-refractivity contribution in [1.82, 2.24) is 0 Å². The Morgan fingerprint density at radius 1 is 0.588 bits per heavy atom. The van der Waals surface area contributed by atoms with Gasteiger partial charge in [-0.2, -0.15) is 0 Å². The van der Waals surface area contributed by atoms with Gasteiger partial charge in [-0.25, -0.2) is 0 Å². The molecule has 0 radical (unpaired) electrons. The predicted molar refractivity (Wildman–Crippen MR) is 80.4 cm³/mol. The third-order valence-electron chi connectivity index (χ3n) is 3.12. The van der Waals surface area contributed by atoms with Gasteiger partial charge in [0.25, 0.3) is 0 Å². The SMILES string of the molecule is C/C=C/CCCCCCC/C=C/CCCCC. The van der Waals surface area contributed by atoms with Crippen LogP contribution < -0.4 is 0 Å². The second kappa shape index (κ2) is 15.5. The van der Waals surface area contributed by atoms with Crippen molar-refractivity contribution in [1.29, 1.82) is 0 Å². The summed E-state index contributed by atoms with van der Waals surface area (Å²) in [6.07, 6.45) is 24.1. The quantitative estimate of drug-likeness (QED) is 0.270. The Morgan fingerprint density at radius 3 is 1.59 bits per heavy atom. The van der Waals surface area contributed by atoms with E-state index < -0.39 is 0 Å². The van der Waals surface area contributed by atoms with Crippen LogP contribution in [-0.4, -0.2) is 0 Å². The van der Waals surface area contributed by atoms with Crippen molar-refractivity contribution in [3.8, 4) is 0 Å². The van der Waals surface area contributed by atoms with Gasteiger partial charge in [-0.05, 0) is 45.4 Å². The van der Waals surface area contributed by atoms with Crippen molar-refractivity contribution in [2.75, 3.05) is 0 Å². The van der Waals surface area contributed by atoms with Crippen molar-refractivity contribution in [3.63, 3.8) is 0 Å². The second-order valence-electron chi connectivity index (χ2n) is 4.88. The molecule has 0 aliphatic heterocycles. The van der Waals surface area contributed by atoms with Gasteiger partial charge in [-0.1, -0.05) is 63.3 Å². The molecule has 0 aromatic rings. The van der Waals surface area contributed by atoms with Crippen molar-refractivity contribution < 1.29 is 0 Å². The van der Waals surface area contributed by atoms with E-state index in [0.29, 0.717) is 0 Å². The van der Waals surface area contributed by atoms with Gasteiger partial charge in [0.1, 0.15) is 0 Å². The molecule has 0 spiro atoms. The Kier molecular flexibility index (Phi) is 15.0. The van der Waals surface area contributed by atoms with Crippen LogP contribution in [0.25, 0.3) is 0 Å². The monoisotopic (exact) mass is 236 g/mol. The number of unbranched alkanes of at least 4 members (excludes halogenated alkanes) is 9. The first kappa shape index (κ1) is 16.5. The molecule has 0 aromatic heterocycles. The van der Waals surface area contributed by atoms with Crippen LogP contribution in [0.5, 0.6) is 0 Å². The molecule has 0 aromatic carbocycles. The summed E-state index contributed by atoms with van der Waals surface area (Å²) in [6, 6.07) is 0. The molecular weight excluding hydrogens is 204 g/mol. The fourth-order valence-electron chi connectivity index (χ4n) is 1.97. The van der Waals surface area contributed by atoms with E-state index in [1.807, 2.05) is 0 Å². The molecule has 0 amide bonds. The molecule has 0 aliphatic carbocycles. The van der Waals surface area contributed by atoms with Gasteiger partial charge in [-0.3, -0.25) is 0 Å². The average Bonchev–Trinajstić information content (AvgIpc) is 2.35. The largest absolute Gasteiger partial charge is 0.0917 e. The minimum Gasteiger partial charge on any atom is -0.0917 e. The molecule has 0 nitrogen and oxygen atoms in total. The van der Waals surface area contributed by atoms with Crippen LogP contribution in [0.3, 0.4) is 0 Å². The minimum atomic E-state index is 1.27. The zero-order valence-corrected chi connectivity index (χ0v) is 12.1. The molecule has 0 aliphatic rings. The number of hydrogen-bond acceptors (Lipinski definition) is 0. The molecule has 0 atom stereocenters. The number of allylic oxidation sites excluding steroid dienone is 4. The molecular formula is C17H32. The molecule has 0 rings (SSSR count). The molecule has 17 heavy (non-hydrogen) atoms. The smallest absolute Gasteiger partial charge is 0.0351 e. The Labute approximate surface area is 109 Å². The zero-order valence-electron chi connectivity index (χ0n) is 12.1. The zero-order chi connectivity index (χ0) is 12.6. The van der Waals surface area contributed by atoms with E-state index >= 15 is 0 Å². The van der Waals surface area contributed by atoms with E-state index in [2.05, 4.69) is 38.2 Å². The standard InChI is InChI=1S/C17H32/c1-3-5-7-9-11-13-15-17-16-14-12-10-8-6-4-2/h3,5,12,14H,4,6-11,13,15-17H2,1-2H3/b5-3+,14-12+. The first-order chi connectivity index (χ1) is 8.41.